The van der Waals surface area contributed by atoms with E-state index >= 15 is 0 Å². The van der Waals surface area contributed by atoms with Gasteiger partial charge in [-0.3, -0.25) is 9.78 Å². The fourth-order valence-corrected chi connectivity index (χ4v) is 2.70. The van der Waals surface area contributed by atoms with E-state index in [1.165, 1.54) is 30.1 Å². The van der Waals surface area contributed by atoms with Crippen LogP contribution in [0.15, 0.2) is 42.7 Å². The average Bonchev–Trinajstić information content (AvgIpc) is 2.55. The number of thioether (sulfide) groups is 1. The van der Waals surface area contributed by atoms with Gasteiger partial charge in [-0.05, 0) is 24.3 Å². The maximum absolute atomic E-state index is 12.0. The molecule has 0 bridgehead atoms. The van der Waals surface area contributed by atoms with Crippen LogP contribution in [0.1, 0.15) is 16.2 Å². The van der Waals surface area contributed by atoms with Gasteiger partial charge in [-0.15, -0.1) is 0 Å². The first-order chi connectivity index (χ1) is 11.1. The predicted molar refractivity (Wildman–Crippen MR) is 85.2 cm³/mol. The Morgan fingerprint density at radius 3 is 2.61 bits per heavy atom. The topological polar surface area (TPSA) is 112 Å². The number of pyridine rings is 2. The van der Waals surface area contributed by atoms with Crippen molar-refractivity contribution in [2.75, 3.05) is 5.75 Å². The maximum atomic E-state index is 12.0. The van der Waals surface area contributed by atoms with Gasteiger partial charge >= 0.3 is 5.97 Å². The van der Waals surface area contributed by atoms with Gasteiger partial charge in [0, 0.05) is 23.9 Å². The van der Waals surface area contributed by atoms with Crippen LogP contribution in [0.25, 0.3) is 0 Å². The lowest BCUT2D eigenvalue weighted by molar-refractivity contribution is -0.138. The highest BCUT2D eigenvalue weighted by Crippen LogP contribution is 2.14. The van der Waals surface area contributed by atoms with Crippen LogP contribution in [-0.4, -0.2) is 43.9 Å². The van der Waals surface area contributed by atoms with E-state index in [0.717, 1.165) is 5.69 Å². The van der Waals surface area contributed by atoms with E-state index in [4.69, 9.17) is 0 Å². The number of nitrogens with zero attached hydrogens (tertiary/aromatic N) is 2. The lowest BCUT2D eigenvalue weighted by Gasteiger charge is -2.14. The lowest BCUT2D eigenvalue weighted by Crippen LogP contribution is -2.42. The third-order valence-electron chi connectivity index (χ3n) is 2.87. The molecule has 1 unspecified atom stereocenters. The van der Waals surface area contributed by atoms with E-state index in [1.54, 1.807) is 12.3 Å². The molecule has 0 aliphatic carbocycles. The van der Waals surface area contributed by atoms with Crippen LogP contribution in [0.5, 0.6) is 5.75 Å². The number of hydrogen-bond donors (Lipinski definition) is 3. The third-order valence-corrected chi connectivity index (χ3v) is 3.93. The minimum Gasteiger partial charge on any atom is -0.505 e. The summed E-state index contributed by atoms with van der Waals surface area (Å²) in [5.74, 6) is -1.47. The van der Waals surface area contributed by atoms with Gasteiger partial charge in [-0.1, -0.05) is 6.07 Å². The molecule has 2 aromatic rings. The van der Waals surface area contributed by atoms with Crippen molar-refractivity contribution in [3.63, 3.8) is 0 Å². The van der Waals surface area contributed by atoms with E-state index in [1.807, 2.05) is 12.1 Å². The van der Waals surface area contributed by atoms with E-state index in [-0.39, 0.29) is 17.2 Å². The average molecular weight is 333 g/mol. The predicted octanol–water partition coefficient (Wildman–Crippen LogP) is 1.30. The number of nitrogens with one attached hydrogen (secondary N) is 1. The molecule has 3 N–H and O–H groups in total. The second kappa shape index (κ2) is 8.14. The van der Waals surface area contributed by atoms with Crippen molar-refractivity contribution in [1.29, 1.82) is 0 Å². The molecular weight excluding hydrogens is 318 g/mol. The van der Waals surface area contributed by atoms with E-state index in [0.29, 0.717) is 5.75 Å². The first-order valence-electron chi connectivity index (χ1n) is 6.73. The Kier molecular flexibility index (Phi) is 5.93. The molecule has 23 heavy (non-hydrogen) atoms. The number of carboxylic acids is 1. The van der Waals surface area contributed by atoms with Crippen LogP contribution in [0.2, 0.25) is 0 Å². The van der Waals surface area contributed by atoms with Gasteiger partial charge < -0.3 is 15.5 Å². The molecule has 2 rings (SSSR count). The summed E-state index contributed by atoms with van der Waals surface area (Å²) in [4.78, 5) is 31.2. The maximum Gasteiger partial charge on any atom is 0.327 e. The normalized spacial score (nSPS) is 11.7. The van der Waals surface area contributed by atoms with Crippen molar-refractivity contribution in [3.05, 3.63) is 54.1 Å². The Labute approximate surface area is 136 Å². The van der Waals surface area contributed by atoms with Crippen LogP contribution >= 0.6 is 11.8 Å². The molecule has 0 spiro atoms. The summed E-state index contributed by atoms with van der Waals surface area (Å²) >= 11 is 1.34. The number of carboxylic acid groups (broad SMARTS) is 1. The molecule has 0 radical (unpaired) electrons. The summed E-state index contributed by atoms with van der Waals surface area (Å²) in [5.41, 5.74) is 0.629. The molecule has 7 nitrogen and oxygen atoms in total. The van der Waals surface area contributed by atoms with E-state index in [2.05, 4.69) is 15.3 Å². The zero-order chi connectivity index (χ0) is 16.7. The molecule has 0 saturated heterocycles. The fourth-order valence-electron chi connectivity index (χ4n) is 1.74. The minimum absolute atomic E-state index is 0.172. The highest BCUT2D eigenvalue weighted by Gasteiger charge is 2.22. The Morgan fingerprint density at radius 2 is 1.96 bits per heavy atom. The van der Waals surface area contributed by atoms with E-state index < -0.39 is 17.9 Å². The summed E-state index contributed by atoms with van der Waals surface area (Å²) in [6, 6.07) is 7.19. The van der Waals surface area contributed by atoms with Crippen LogP contribution in [-0.2, 0) is 10.5 Å². The van der Waals surface area contributed by atoms with Crippen molar-refractivity contribution in [2.24, 2.45) is 0 Å². The van der Waals surface area contributed by atoms with Gasteiger partial charge in [0.1, 0.15) is 11.8 Å². The monoisotopic (exact) mass is 333 g/mol. The van der Waals surface area contributed by atoms with Crippen molar-refractivity contribution >= 4 is 23.6 Å². The molecule has 0 aromatic carbocycles. The molecule has 0 saturated carbocycles. The second-order valence-corrected chi connectivity index (χ2v) is 5.60. The molecule has 120 valence electrons. The first-order valence-corrected chi connectivity index (χ1v) is 7.88. The third kappa shape index (κ3) is 4.96. The van der Waals surface area contributed by atoms with Crippen molar-refractivity contribution in [2.45, 2.75) is 11.8 Å². The highest BCUT2D eigenvalue weighted by atomic mass is 32.2. The van der Waals surface area contributed by atoms with Crippen molar-refractivity contribution in [1.82, 2.24) is 15.3 Å². The van der Waals surface area contributed by atoms with Gasteiger partial charge in [0.25, 0.3) is 5.91 Å². The summed E-state index contributed by atoms with van der Waals surface area (Å²) in [6.07, 6.45) is 3.01. The van der Waals surface area contributed by atoms with Crippen molar-refractivity contribution < 1.29 is 19.8 Å². The molecule has 8 heteroatoms. The minimum atomic E-state index is -1.15. The molecule has 2 heterocycles. The lowest BCUT2D eigenvalue weighted by atomic mass is 10.2. The molecule has 1 atom stereocenters. The molecular formula is C15H15N3O4S. The van der Waals surface area contributed by atoms with Crippen molar-refractivity contribution in [3.8, 4) is 5.75 Å². The quantitative estimate of drug-likeness (QED) is 0.700. The van der Waals surface area contributed by atoms with Gasteiger partial charge in [0.05, 0.1) is 5.69 Å². The number of rotatable bonds is 7. The van der Waals surface area contributed by atoms with Crippen LogP contribution in [0, 0.1) is 0 Å². The first kappa shape index (κ1) is 16.8. The second-order valence-electron chi connectivity index (χ2n) is 4.57. The summed E-state index contributed by atoms with van der Waals surface area (Å²) in [6.45, 7) is 0. The number of aromatic hydroxyl groups is 1. The fraction of sp³-hybridized carbons (Fsp3) is 0.200. The Bertz CT molecular complexity index is 681. The Hall–Kier alpha value is -2.61. The van der Waals surface area contributed by atoms with Crippen LogP contribution < -0.4 is 5.32 Å². The van der Waals surface area contributed by atoms with E-state index in [9.17, 15) is 19.8 Å². The zero-order valence-corrected chi connectivity index (χ0v) is 12.9. The number of carbonyl (C=O) groups is 2. The highest BCUT2D eigenvalue weighted by molar-refractivity contribution is 7.98. The number of hydrogen-bond acceptors (Lipinski definition) is 6. The number of amides is 1. The van der Waals surface area contributed by atoms with Gasteiger partial charge in [-0.25, -0.2) is 9.78 Å². The Balaban J connectivity index is 1.92. The number of carbonyl (C=O) groups excluding carboxylic acids is 1. The van der Waals surface area contributed by atoms with Gasteiger partial charge in [-0.2, -0.15) is 11.8 Å². The molecule has 0 aliphatic heterocycles. The summed E-state index contributed by atoms with van der Waals surface area (Å²) < 4.78 is 0. The SMILES string of the molecule is O=C(NC(CSCc1ccccn1)C(=O)O)c1ncccc1O. The standard InChI is InChI=1S/C15H15N3O4S/c19-12-5-3-7-17-13(12)14(20)18-11(15(21)22)9-23-8-10-4-1-2-6-16-10/h1-7,11,19H,8-9H2,(H,18,20)(H,21,22). The zero-order valence-electron chi connectivity index (χ0n) is 12.0. The van der Waals surface area contributed by atoms with Gasteiger partial charge in [0.15, 0.2) is 5.69 Å². The molecule has 2 aromatic heterocycles. The van der Waals surface area contributed by atoms with Crippen LogP contribution in [0.4, 0.5) is 0 Å². The number of aromatic nitrogens is 2. The summed E-state index contributed by atoms with van der Waals surface area (Å²) in [5, 5.41) is 21.1. The molecule has 0 aliphatic rings. The smallest absolute Gasteiger partial charge is 0.327 e. The Morgan fingerprint density at radius 1 is 1.17 bits per heavy atom. The van der Waals surface area contributed by atoms with Crippen LogP contribution in [0.3, 0.4) is 0 Å². The largest absolute Gasteiger partial charge is 0.505 e. The van der Waals surface area contributed by atoms with Gasteiger partial charge in [0.2, 0.25) is 0 Å². The molecule has 0 fully saturated rings. The summed E-state index contributed by atoms with van der Waals surface area (Å²) in [7, 11) is 0. The molecule has 1 amide bonds. The number of aliphatic carboxylic acids is 1.